The number of alkyl halides is 12. The van der Waals surface area contributed by atoms with E-state index < -0.39 is 63.3 Å². The van der Waals surface area contributed by atoms with Crippen molar-refractivity contribution in [2.24, 2.45) is 0 Å². The first-order chi connectivity index (χ1) is 11.0. The third-order valence-corrected chi connectivity index (χ3v) is 2.21. The molecule has 0 spiro atoms. The summed E-state index contributed by atoms with van der Waals surface area (Å²) >= 11 is 0. The summed E-state index contributed by atoms with van der Waals surface area (Å²) in [6.07, 6.45) is -31.2. The van der Waals surface area contributed by atoms with Crippen LogP contribution in [0.1, 0.15) is 0 Å². The molecule has 0 atom stereocenters. The van der Waals surface area contributed by atoms with E-state index in [9.17, 15) is 52.7 Å². The Kier molecular flexibility index (Phi) is 8.29. The highest BCUT2D eigenvalue weighted by molar-refractivity contribution is 4.76. The van der Waals surface area contributed by atoms with Gasteiger partial charge < -0.3 is 14.2 Å². The van der Waals surface area contributed by atoms with Crippen molar-refractivity contribution in [1.29, 1.82) is 0 Å². The van der Waals surface area contributed by atoms with Gasteiger partial charge in [0.15, 0.2) is 0 Å². The van der Waals surface area contributed by atoms with Crippen molar-refractivity contribution in [3.8, 4) is 0 Å². The molecule has 0 aromatic carbocycles. The molecule has 15 heteroatoms. The maximum Gasteiger partial charge on any atom is 0.423 e. The fourth-order valence-electron chi connectivity index (χ4n) is 1.30. The number of rotatable bonds is 8. The van der Waals surface area contributed by atoms with Crippen molar-refractivity contribution < 1.29 is 66.9 Å². The average Bonchev–Trinajstić information content (AvgIpc) is 2.30. The van der Waals surface area contributed by atoms with Gasteiger partial charge in [0.25, 0.3) is 0 Å². The lowest BCUT2D eigenvalue weighted by Gasteiger charge is -2.23. The molecule has 0 bridgehead atoms. The van der Waals surface area contributed by atoms with Crippen molar-refractivity contribution in [3.05, 3.63) is 0 Å². The molecule has 152 valence electrons. The zero-order valence-corrected chi connectivity index (χ0v) is 11.7. The van der Waals surface area contributed by atoms with Gasteiger partial charge >= 0.3 is 24.7 Å². The third-order valence-electron chi connectivity index (χ3n) is 2.21. The van der Waals surface area contributed by atoms with E-state index in [-0.39, 0.29) is 0 Å². The van der Waals surface area contributed by atoms with Crippen molar-refractivity contribution in [1.82, 2.24) is 0 Å². The second kappa shape index (κ2) is 8.62. The van der Waals surface area contributed by atoms with Crippen LogP contribution in [0.15, 0.2) is 0 Å². The van der Waals surface area contributed by atoms with Gasteiger partial charge in [-0.15, -0.1) is 0 Å². The van der Waals surface area contributed by atoms with Crippen LogP contribution in [0.2, 0.25) is 0 Å². The zero-order chi connectivity index (χ0) is 20.1. The lowest BCUT2D eigenvalue weighted by Crippen LogP contribution is -2.45. The summed E-state index contributed by atoms with van der Waals surface area (Å²) in [5, 5.41) is 0. The quantitative estimate of drug-likeness (QED) is 0.450. The molecule has 0 heterocycles. The molecule has 0 amide bonds. The van der Waals surface area contributed by atoms with Gasteiger partial charge in [0.1, 0.15) is 0 Å². The van der Waals surface area contributed by atoms with Gasteiger partial charge in [-0.1, -0.05) is 0 Å². The smallest absolute Gasteiger partial charge is 0.377 e. The van der Waals surface area contributed by atoms with Gasteiger partial charge in [0.2, 0.25) is 12.2 Å². The van der Waals surface area contributed by atoms with E-state index in [2.05, 4.69) is 14.2 Å². The first-order valence-electron chi connectivity index (χ1n) is 6.05. The van der Waals surface area contributed by atoms with E-state index >= 15 is 0 Å². The predicted molar refractivity (Wildman–Crippen MR) is 54.5 cm³/mol. The Hall–Kier alpha value is -0.960. The second-order valence-corrected chi connectivity index (χ2v) is 4.28. The lowest BCUT2D eigenvalue weighted by molar-refractivity contribution is -0.324. The first-order valence-corrected chi connectivity index (χ1v) is 6.05. The van der Waals surface area contributed by atoms with Crippen LogP contribution in [-0.4, -0.2) is 63.3 Å². The van der Waals surface area contributed by atoms with Crippen LogP contribution in [-0.2, 0) is 14.2 Å². The average molecular weight is 406 g/mol. The second-order valence-electron chi connectivity index (χ2n) is 4.28. The first kappa shape index (κ1) is 24.0. The van der Waals surface area contributed by atoms with Crippen molar-refractivity contribution >= 4 is 0 Å². The Morgan fingerprint density at radius 3 is 0.880 bits per heavy atom. The minimum Gasteiger partial charge on any atom is -0.377 e. The normalized spacial score (nSPS) is 14.6. The van der Waals surface area contributed by atoms with Gasteiger partial charge in [-0.2, -0.15) is 52.7 Å². The standard InChI is InChI=1S/C10H10F12O3/c11-7(12,13)5(8(14,15)16)24-3-1-23-2-4-25-6(9(17,18)19)10(20,21)22/h5-6H,1-4H2. The number of ether oxygens (including phenoxy) is 3. The molecule has 0 aliphatic heterocycles. The van der Waals surface area contributed by atoms with Gasteiger partial charge in [-0.25, -0.2) is 0 Å². The predicted octanol–water partition coefficient (Wildman–Crippen LogP) is 4.02. The third kappa shape index (κ3) is 9.34. The van der Waals surface area contributed by atoms with Crippen LogP contribution < -0.4 is 0 Å². The molecule has 0 saturated heterocycles. The van der Waals surface area contributed by atoms with E-state index in [4.69, 9.17) is 0 Å². The molecule has 0 aliphatic carbocycles. The summed E-state index contributed by atoms with van der Waals surface area (Å²) in [5.41, 5.74) is 0. The zero-order valence-electron chi connectivity index (χ0n) is 11.7. The monoisotopic (exact) mass is 406 g/mol. The fraction of sp³-hybridized carbons (Fsp3) is 1.00. The summed E-state index contributed by atoms with van der Waals surface area (Å²) < 4.78 is 156. The molecule has 0 saturated carbocycles. The molecular weight excluding hydrogens is 396 g/mol. The molecule has 0 aromatic rings. The molecule has 0 aliphatic rings. The minimum atomic E-state index is -5.76. The largest absolute Gasteiger partial charge is 0.423 e. The number of hydrogen-bond donors (Lipinski definition) is 0. The van der Waals surface area contributed by atoms with E-state index in [1.54, 1.807) is 0 Å². The highest BCUT2D eigenvalue weighted by atomic mass is 19.4. The Bertz CT molecular complexity index is 319. The summed E-state index contributed by atoms with van der Waals surface area (Å²) in [7, 11) is 0. The summed E-state index contributed by atoms with van der Waals surface area (Å²) in [5.74, 6) is 0. The molecule has 0 rings (SSSR count). The highest BCUT2D eigenvalue weighted by Gasteiger charge is 2.58. The topological polar surface area (TPSA) is 27.7 Å². The van der Waals surface area contributed by atoms with Gasteiger partial charge in [-0.3, -0.25) is 0 Å². The molecular formula is C10H10F12O3. The lowest BCUT2D eigenvalue weighted by atomic mass is 10.3. The molecule has 0 fully saturated rings. The van der Waals surface area contributed by atoms with Crippen LogP contribution >= 0.6 is 0 Å². The molecule has 3 nitrogen and oxygen atoms in total. The van der Waals surface area contributed by atoms with E-state index in [0.717, 1.165) is 0 Å². The molecule has 25 heavy (non-hydrogen) atoms. The van der Waals surface area contributed by atoms with Crippen LogP contribution in [0.5, 0.6) is 0 Å². The number of hydrogen-bond acceptors (Lipinski definition) is 3. The Labute approximate surface area is 131 Å². The van der Waals surface area contributed by atoms with Crippen LogP contribution in [0.25, 0.3) is 0 Å². The summed E-state index contributed by atoms with van der Waals surface area (Å²) in [4.78, 5) is 0. The molecule has 0 radical (unpaired) electrons. The summed E-state index contributed by atoms with van der Waals surface area (Å²) in [6, 6.07) is 0. The van der Waals surface area contributed by atoms with Crippen LogP contribution in [0, 0.1) is 0 Å². The van der Waals surface area contributed by atoms with Crippen LogP contribution in [0.3, 0.4) is 0 Å². The maximum atomic E-state index is 12.0. The van der Waals surface area contributed by atoms with Gasteiger partial charge in [0, 0.05) is 0 Å². The summed E-state index contributed by atoms with van der Waals surface area (Å²) in [6.45, 7) is -4.42. The van der Waals surface area contributed by atoms with Gasteiger partial charge in [-0.05, 0) is 0 Å². The number of halogens is 12. The highest BCUT2D eigenvalue weighted by Crippen LogP contribution is 2.36. The Morgan fingerprint density at radius 2 is 0.680 bits per heavy atom. The fourth-order valence-corrected chi connectivity index (χ4v) is 1.30. The van der Waals surface area contributed by atoms with E-state index in [1.807, 2.05) is 0 Å². The van der Waals surface area contributed by atoms with E-state index in [1.165, 1.54) is 0 Å². The SMILES string of the molecule is FC(F)(F)C(OCCOCCOC(C(F)(F)F)C(F)(F)F)C(F)(F)F. The molecule has 0 N–H and O–H groups in total. The van der Waals surface area contributed by atoms with E-state index in [0.29, 0.717) is 0 Å². The van der Waals surface area contributed by atoms with Crippen molar-refractivity contribution in [3.63, 3.8) is 0 Å². The van der Waals surface area contributed by atoms with Crippen molar-refractivity contribution in [2.75, 3.05) is 26.4 Å². The Morgan fingerprint density at radius 1 is 0.440 bits per heavy atom. The van der Waals surface area contributed by atoms with Gasteiger partial charge in [0.05, 0.1) is 26.4 Å². The van der Waals surface area contributed by atoms with Crippen LogP contribution in [0.4, 0.5) is 52.7 Å². The molecule has 0 aromatic heterocycles. The van der Waals surface area contributed by atoms with Crippen molar-refractivity contribution in [2.45, 2.75) is 36.9 Å². The molecule has 0 unspecified atom stereocenters. The maximum absolute atomic E-state index is 12.0. The Balaban J connectivity index is 4.19. The minimum absolute atomic E-state index is 0.950.